The van der Waals surface area contributed by atoms with Crippen molar-refractivity contribution in [2.24, 2.45) is 4.99 Å². The molecule has 0 saturated heterocycles. The second-order valence-electron chi connectivity index (χ2n) is 4.99. The van der Waals surface area contributed by atoms with Gasteiger partial charge in [0.15, 0.2) is 4.80 Å². The van der Waals surface area contributed by atoms with Crippen molar-refractivity contribution in [3.05, 3.63) is 62.0 Å². The monoisotopic (exact) mass is 432 g/mol. The zero-order chi connectivity index (χ0) is 16.4. The third-order valence-corrected chi connectivity index (χ3v) is 5.44. The zero-order valence-corrected chi connectivity index (χ0v) is 15.4. The first-order valence-electron chi connectivity index (χ1n) is 6.98. The molecule has 114 valence electrons. The summed E-state index contributed by atoms with van der Waals surface area (Å²) in [4.78, 5) is 17.5. The number of halogens is 1. The van der Waals surface area contributed by atoms with E-state index < -0.39 is 0 Å². The Kier molecular flexibility index (Phi) is 4.64. The molecule has 2 aromatic carbocycles. The van der Waals surface area contributed by atoms with Gasteiger partial charge in [0.2, 0.25) is 0 Å². The summed E-state index contributed by atoms with van der Waals surface area (Å²) >= 11 is 3.63. The highest BCUT2D eigenvalue weighted by Gasteiger charge is 2.11. The van der Waals surface area contributed by atoms with Gasteiger partial charge in [-0.2, -0.15) is 4.99 Å². The number of para-hydroxylation sites is 1. The SMILES string of the molecule is C#CCn1c(=NC(=O)c2ccccc2I)sc2cccc(C)c21. The molecule has 0 aliphatic rings. The lowest BCUT2D eigenvalue weighted by Crippen LogP contribution is -2.17. The normalized spacial score (nSPS) is 11.6. The van der Waals surface area contributed by atoms with Crippen LogP contribution in [0.1, 0.15) is 15.9 Å². The van der Waals surface area contributed by atoms with Crippen molar-refractivity contribution in [3.8, 4) is 12.3 Å². The van der Waals surface area contributed by atoms with Gasteiger partial charge in [0.1, 0.15) is 0 Å². The van der Waals surface area contributed by atoms with Crippen LogP contribution in [0.3, 0.4) is 0 Å². The lowest BCUT2D eigenvalue weighted by Gasteiger charge is -2.03. The summed E-state index contributed by atoms with van der Waals surface area (Å²) in [6.07, 6.45) is 5.50. The van der Waals surface area contributed by atoms with E-state index in [4.69, 9.17) is 6.42 Å². The first kappa shape index (κ1) is 16.0. The molecule has 3 aromatic rings. The minimum absolute atomic E-state index is 0.245. The van der Waals surface area contributed by atoms with Gasteiger partial charge in [0.25, 0.3) is 5.91 Å². The first-order chi connectivity index (χ1) is 11.1. The van der Waals surface area contributed by atoms with Crippen LogP contribution in [0.25, 0.3) is 10.2 Å². The summed E-state index contributed by atoms with van der Waals surface area (Å²) in [5.74, 6) is 2.41. The smallest absolute Gasteiger partial charge is 0.280 e. The lowest BCUT2D eigenvalue weighted by atomic mass is 10.2. The van der Waals surface area contributed by atoms with Crippen LogP contribution in [-0.2, 0) is 6.54 Å². The van der Waals surface area contributed by atoms with Crippen molar-refractivity contribution in [3.63, 3.8) is 0 Å². The minimum Gasteiger partial charge on any atom is -0.304 e. The van der Waals surface area contributed by atoms with Crippen LogP contribution in [-0.4, -0.2) is 10.5 Å². The summed E-state index contributed by atoms with van der Waals surface area (Å²) in [5.41, 5.74) is 2.77. The Morgan fingerprint density at radius 3 is 2.83 bits per heavy atom. The molecule has 1 aromatic heterocycles. The molecule has 0 aliphatic heterocycles. The van der Waals surface area contributed by atoms with Gasteiger partial charge in [0, 0.05) is 3.57 Å². The predicted molar refractivity (Wildman–Crippen MR) is 102 cm³/mol. The van der Waals surface area contributed by atoms with E-state index >= 15 is 0 Å². The number of carbonyl (C=O) groups excluding carboxylic acids is 1. The molecule has 0 unspecified atom stereocenters. The highest BCUT2D eigenvalue weighted by atomic mass is 127. The van der Waals surface area contributed by atoms with Gasteiger partial charge in [-0.25, -0.2) is 0 Å². The number of benzene rings is 2. The van der Waals surface area contributed by atoms with Crippen LogP contribution in [0.15, 0.2) is 47.5 Å². The number of terminal acetylenes is 1. The zero-order valence-electron chi connectivity index (χ0n) is 12.4. The van der Waals surface area contributed by atoms with Crippen molar-refractivity contribution in [1.82, 2.24) is 4.57 Å². The average molecular weight is 432 g/mol. The van der Waals surface area contributed by atoms with Gasteiger partial charge in [-0.1, -0.05) is 41.5 Å². The van der Waals surface area contributed by atoms with Crippen molar-refractivity contribution in [2.45, 2.75) is 13.5 Å². The van der Waals surface area contributed by atoms with Gasteiger partial charge < -0.3 is 4.57 Å². The van der Waals surface area contributed by atoms with Crippen LogP contribution in [0, 0.1) is 22.8 Å². The number of hydrogen-bond donors (Lipinski definition) is 0. The van der Waals surface area contributed by atoms with E-state index in [0.29, 0.717) is 16.9 Å². The van der Waals surface area contributed by atoms with Crippen molar-refractivity contribution >= 4 is 50.1 Å². The molecule has 0 N–H and O–H groups in total. The molecule has 5 heteroatoms. The molecule has 0 radical (unpaired) electrons. The summed E-state index contributed by atoms with van der Waals surface area (Å²) in [5, 5.41) is 0. The number of amides is 1. The highest BCUT2D eigenvalue weighted by molar-refractivity contribution is 14.1. The number of rotatable bonds is 2. The van der Waals surface area contributed by atoms with Crippen LogP contribution in [0.2, 0.25) is 0 Å². The van der Waals surface area contributed by atoms with Crippen molar-refractivity contribution < 1.29 is 4.79 Å². The Hall–Kier alpha value is -1.91. The van der Waals surface area contributed by atoms with Crippen LogP contribution >= 0.6 is 33.9 Å². The second-order valence-corrected chi connectivity index (χ2v) is 7.16. The molecule has 0 aliphatic carbocycles. The predicted octanol–water partition coefficient (Wildman–Crippen LogP) is 3.99. The number of thiazole rings is 1. The molecule has 0 spiro atoms. The molecule has 1 amide bonds. The summed E-state index contributed by atoms with van der Waals surface area (Å²) in [6, 6.07) is 13.5. The van der Waals surface area contributed by atoms with Crippen molar-refractivity contribution in [1.29, 1.82) is 0 Å². The molecule has 0 atom stereocenters. The molecule has 0 fully saturated rings. The Morgan fingerprint density at radius 1 is 1.30 bits per heavy atom. The molecule has 1 heterocycles. The topological polar surface area (TPSA) is 34.4 Å². The number of nitrogens with zero attached hydrogens (tertiary/aromatic N) is 2. The third-order valence-electron chi connectivity index (χ3n) is 3.45. The van der Waals surface area contributed by atoms with Gasteiger partial charge in [0.05, 0.1) is 22.3 Å². The van der Waals surface area contributed by atoms with E-state index in [1.165, 1.54) is 11.3 Å². The Balaban J connectivity index is 2.22. The van der Waals surface area contributed by atoms with E-state index in [1.807, 2.05) is 47.9 Å². The number of aryl methyl sites for hydroxylation is 1. The molecule has 3 rings (SSSR count). The minimum atomic E-state index is -0.245. The Labute approximate surface area is 151 Å². The van der Waals surface area contributed by atoms with Gasteiger partial charge in [-0.15, -0.1) is 6.42 Å². The van der Waals surface area contributed by atoms with Gasteiger partial charge in [-0.05, 0) is 53.3 Å². The number of carbonyl (C=O) groups is 1. The number of aromatic nitrogens is 1. The molecule has 3 nitrogen and oxygen atoms in total. The van der Waals surface area contributed by atoms with Crippen molar-refractivity contribution in [2.75, 3.05) is 0 Å². The molecule has 0 saturated carbocycles. The van der Waals surface area contributed by atoms with E-state index in [0.717, 1.165) is 19.4 Å². The Morgan fingerprint density at radius 2 is 2.09 bits per heavy atom. The van der Waals surface area contributed by atoms with E-state index in [9.17, 15) is 4.79 Å². The fourth-order valence-electron chi connectivity index (χ4n) is 2.41. The summed E-state index contributed by atoms with van der Waals surface area (Å²) < 4.78 is 3.90. The third kappa shape index (κ3) is 3.09. The maximum Gasteiger partial charge on any atom is 0.280 e. The van der Waals surface area contributed by atoms with Crippen LogP contribution in [0.4, 0.5) is 0 Å². The summed E-state index contributed by atoms with van der Waals surface area (Å²) in [7, 11) is 0. The maximum atomic E-state index is 12.5. The largest absolute Gasteiger partial charge is 0.304 e. The molecular weight excluding hydrogens is 419 g/mol. The quantitative estimate of drug-likeness (QED) is 0.446. The van der Waals surface area contributed by atoms with E-state index in [1.54, 1.807) is 6.07 Å². The maximum absolute atomic E-state index is 12.5. The standard InChI is InChI=1S/C18H13IN2OS/c1-3-11-21-16-12(2)7-6-10-15(16)23-18(21)20-17(22)13-8-4-5-9-14(13)19/h1,4-10H,11H2,2H3. The fourth-order valence-corrected chi connectivity index (χ4v) is 4.14. The second kappa shape index (κ2) is 6.69. The highest BCUT2D eigenvalue weighted by Crippen LogP contribution is 2.21. The summed E-state index contributed by atoms with van der Waals surface area (Å²) in [6.45, 7) is 2.43. The number of hydrogen-bond acceptors (Lipinski definition) is 2. The molecular formula is C18H13IN2OS. The van der Waals surface area contributed by atoms with E-state index in [2.05, 4.69) is 33.5 Å². The molecule has 0 bridgehead atoms. The van der Waals surface area contributed by atoms with E-state index in [-0.39, 0.29) is 5.91 Å². The average Bonchev–Trinajstić information content (AvgIpc) is 2.87. The lowest BCUT2D eigenvalue weighted by molar-refractivity contribution is 0.0997. The Bertz CT molecular complexity index is 1010. The van der Waals surface area contributed by atoms with Gasteiger partial charge in [-0.3, -0.25) is 4.79 Å². The van der Waals surface area contributed by atoms with Crippen LogP contribution < -0.4 is 4.80 Å². The number of fused-ring (bicyclic) bond motifs is 1. The molecule has 23 heavy (non-hydrogen) atoms. The van der Waals surface area contributed by atoms with Gasteiger partial charge >= 0.3 is 0 Å². The fraction of sp³-hybridized carbons (Fsp3) is 0.111. The van der Waals surface area contributed by atoms with Crippen LogP contribution in [0.5, 0.6) is 0 Å². The first-order valence-corrected chi connectivity index (χ1v) is 8.87.